The van der Waals surface area contributed by atoms with Crippen molar-refractivity contribution in [2.24, 2.45) is 11.0 Å². The number of nitrogens with one attached hydrogen (secondary N) is 2. The number of halogens is 1. The van der Waals surface area contributed by atoms with Crippen LogP contribution in [0.5, 0.6) is 0 Å². The van der Waals surface area contributed by atoms with Crippen LogP contribution in [-0.2, 0) is 4.79 Å². The van der Waals surface area contributed by atoms with Gasteiger partial charge in [-0.2, -0.15) is 5.10 Å². The molecule has 1 saturated carbocycles. The van der Waals surface area contributed by atoms with Crippen molar-refractivity contribution >= 4 is 39.1 Å². The van der Waals surface area contributed by atoms with E-state index in [1.165, 1.54) is 6.42 Å². The zero-order chi connectivity index (χ0) is 19.9. The van der Waals surface area contributed by atoms with Gasteiger partial charge >= 0.3 is 0 Å². The third-order valence-corrected chi connectivity index (χ3v) is 5.45. The fourth-order valence-corrected chi connectivity index (χ4v) is 3.70. The second kappa shape index (κ2) is 9.64. The largest absolute Gasteiger partial charge is 0.326 e. The standard InChI is InChI=1S/C22H24BrN3O2/c1-15(25-26-22(28)18-8-5-9-19(23)14-18)16-10-12-20(13-11-16)24-21(27)17-6-3-2-4-7-17/h5,8-14,17H,2-4,6-7H2,1H3,(H,24,27)(H,26,28). The minimum Gasteiger partial charge on any atom is -0.326 e. The lowest BCUT2D eigenvalue weighted by Crippen LogP contribution is -2.24. The lowest BCUT2D eigenvalue weighted by Gasteiger charge is -2.20. The van der Waals surface area contributed by atoms with Crippen molar-refractivity contribution in [2.75, 3.05) is 5.32 Å². The van der Waals surface area contributed by atoms with Gasteiger partial charge in [0.1, 0.15) is 0 Å². The molecule has 0 heterocycles. The van der Waals surface area contributed by atoms with Crippen LogP contribution in [0.1, 0.15) is 54.9 Å². The first-order valence-corrected chi connectivity index (χ1v) is 10.3. The molecule has 5 nitrogen and oxygen atoms in total. The van der Waals surface area contributed by atoms with E-state index in [9.17, 15) is 9.59 Å². The van der Waals surface area contributed by atoms with Crippen LogP contribution in [0.2, 0.25) is 0 Å². The molecule has 0 aromatic heterocycles. The summed E-state index contributed by atoms with van der Waals surface area (Å²) in [7, 11) is 0. The van der Waals surface area contributed by atoms with E-state index in [4.69, 9.17) is 0 Å². The van der Waals surface area contributed by atoms with Gasteiger partial charge in [-0.05, 0) is 55.7 Å². The molecule has 0 radical (unpaired) electrons. The van der Waals surface area contributed by atoms with Gasteiger partial charge < -0.3 is 5.32 Å². The predicted octanol–water partition coefficient (Wildman–Crippen LogP) is 5.12. The van der Waals surface area contributed by atoms with Gasteiger partial charge in [-0.15, -0.1) is 0 Å². The number of hydrazone groups is 1. The third kappa shape index (κ3) is 5.52. The number of hydrogen-bond acceptors (Lipinski definition) is 3. The molecule has 2 N–H and O–H groups in total. The molecule has 146 valence electrons. The Labute approximate surface area is 173 Å². The minimum absolute atomic E-state index is 0.110. The number of nitrogens with zero attached hydrogens (tertiary/aromatic N) is 1. The van der Waals surface area contributed by atoms with Crippen LogP contribution >= 0.6 is 15.9 Å². The van der Waals surface area contributed by atoms with Gasteiger partial charge in [0.15, 0.2) is 0 Å². The van der Waals surface area contributed by atoms with E-state index in [0.29, 0.717) is 11.3 Å². The summed E-state index contributed by atoms with van der Waals surface area (Å²) in [6, 6.07) is 14.6. The topological polar surface area (TPSA) is 70.6 Å². The molecule has 6 heteroatoms. The Bertz CT molecular complexity index is 872. The Balaban J connectivity index is 1.58. The highest BCUT2D eigenvalue weighted by Crippen LogP contribution is 2.25. The number of anilines is 1. The van der Waals surface area contributed by atoms with Crippen molar-refractivity contribution in [3.05, 3.63) is 64.1 Å². The van der Waals surface area contributed by atoms with E-state index in [1.54, 1.807) is 18.2 Å². The van der Waals surface area contributed by atoms with E-state index in [0.717, 1.165) is 41.4 Å². The Morgan fingerprint density at radius 1 is 1.00 bits per heavy atom. The Hall–Kier alpha value is -2.47. The van der Waals surface area contributed by atoms with Crippen molar-refractivity contribution in [1.29, 1.82) is 0 Å². The second-order valence-corrected chi connectivity index (χ2v) is 7.97. The number of carbonyl (C=O) groups excluding carboxylic acids is 2. The number of carbonyl (C=O) groups is 2. The molecule has 1 fully saturated rings. The van der Waals surface area contributed by atoms with Crippen LogP contribution in [0.3, 0.4) is 0 Å². The van der Waals surface area contributed by atoms with Crippen LogP contribution in [0.15, 0.2) is 58.1 Å². The third-order valence-electron chi connectivity index (χ3n) is 4.96. The summed E-state index contributed by atoms with van der Waals surface area (Å²) in [6.07, 6.45) is 5.46. The van der Waals surface area contributed by atoms with Gasteiger partial charge in [-0.1, -0.05) is 53.4 Å². The molecule has 0 saturated heterocycles. The Morgan fingerprint density at radius 3 is 2.39 bits per heavy atom. The molecule has 0 bridgehead atoms. The molecule has 1 aliphatic carbocycles. The van der Waals surface area contributed by atoms with E-state index in [-0.39, 0.29) is 17.7 Å². The molecule has 0 atom stereocenters. The predicted molar refractivity (Wildman–Crippen MR) is 115 cm³/mol. The fraction of sp³-hybridized carbons (Fsp3) is 0.318. The SMILES string of the molecule is CC(=NNC(=O)c1cccc(Br)c1)c1ccc(NC(=O)C2CCCCC2)cc1. The molecule has 2 amide bonds. The van der Waals surface area contributed by atoms with Crippen molar-refractivity contribution in [3.63, 3.8) is 0 Å². The summed E-state index contributed by atoms with van der Waals surface area (Å²) < 4.78 is 0.840. The molecular weight excluding hydrogens is 418 g/mol. The van der Waals surface area contributed by atoms with Crippen molar-refractivity contribution < 1.29 is 9.59 Å². The summed E-state index contributed by atoms with van der Waals surface area (Å²) in [5, 5.41) is 7.18. The highest BCUT2D eigenvalue weighted by atomic mass is 79.9. The van der Waals surface area contributed by atoms with E-state index in [2.05, 4.69) is 31.8 Å². The number of amides is 2. The average Bonchev–Trinajstić information content (AvgIpc) is 2.73. The van der Waals surface area contributed by atoms with Gasteiger partial charge in [0.25, 0.3) is 5.91 Å². The first-order chi connectivity index (χ1) is 13.5. The fourth-order valence-electron chi connectivity index (χ4n) is 3.30. The molecule has 0 aliphatic heterocycles. The van der Waals surface area contributed by atoms with E-state index >= 15 is 0 Å². The van der Waals surface area contributed by atoms with Gasteiger partial charge in [0.2, 0.25) is 5.91 Å². The summed E-state index contributed by atoms with van der Waals surface area (Å²) in [5.74, 6) is -0.0268. The number of rotatable bonds is 5. The van der Waals surface area contributed by atoms with Crippen LogP contribution in [-0.4, -0.2) is 17.5 Å². The second-order valence-electron chi connectivity index (χ2n) is 7.05. The van der Waals surface area contributed by atoms with Gasteiger partial charge in [-0.25, -0.2) is 5.43 Å². The molecule has 28 heavy (non-hydrogen) atoms. The van der Waals surface area contributed by atoms with E-state index in [1.807, 2.05) is 37.3 Å². The Kier molecular flexibility index (Phi) is 6.98. The van der Waals surface area contributed by atoms with E-state index < -0.39 is 0 Å². The first-order valence-electron chi connectivity index (χ1n) is 9.54. The molecule has 2 aromatic carbocycles. The van der Waals surface area contributed by atoms with Crippen LogP contribution < -0.4 is 10.7 Å². The normalized spacial score (nSPS) is 15.1. The summed E-state index contributed by atoms with van der Waals surface area (Å²) in [6.45, 7) is 1.83. The highest BCUT2D eigenvalue weighted by Gasteiger charge is 2.20. The lowest BCUT2D eigenvalue weighted by atomic mass is 9.88. The molecule has 3 rings (SSSR count). The smallest absolute Gasteiger partial charge is 0.271 e. The summed E-state index contributed by atoms with van der Waals surface area (Å²) in [4.78, 5) is 24.5. The van der Waals surface area contributed by atoms with Crippen LogP contribution in [0.4, 0.5) is 5.69 Å². The maximum absolute atomic E-state index is 12.3. The minimum atomic E-state index is -0.267. The molecule has 2 aromatic rings. The summed E-state index contributed by atoms with van der Waals surface area (Å²) in [5.41, 5.74) is 5.46. The maximum Gasteiger partial charge on any atom is 0.271 e. The molecule has 0 spiro atoms. The van der Waals surface area contributed by atoms with Crippen LogP contribution in [0, 0.1) is 5.92 Å². The molecular formula is C22H24BrN3O2. The summed E-state index contributed by atoms with van der Waals surface area (Å²) >= 11 is 3.35. The quantitative estimate of drug-likeness (QED) is 0.498. The number of hydrogen-bond donors (Lipinski definition) is 2. The highest BCUT2D eigenvalue weighted by molar-refractivity contribution is 9.10. The Morgan fingerprint density at radius 2 is 1.71 bits per heavy atom. The zero-order valence-corrected chi connectivity index (χ0v) is 17.5. The van der Waals surface area contributed by atoms with Gasteiger partial charge in [0, 0.05) is 21.6 Å². The van der Waals surface area contributed by atoms with Gasteiger partial charge in [0.05, 0.1) is 5.71 Å². The van der Waals surface area contributed by atoms with Gasteiger partial charge in [-0.3, -0.25) is 9.59 Å². The number of benzene rings is 2. The molecule has 1 aliphatic rings. The first kappa shape index (κ1) is 20.3. The maximum atomic E-state index is 12.3. The van der Waals surface area contributed by atoms with Crippen molar-refractivity contribution in [3.8, 4) is 0 Å². The van der Waals surface area contributed by atoms with Crippen molar-refractivity contribution in [1.82, 2.24) is 5.43 Å². The van der Waals surface area contributed by atoms with Crippen molar-refractivity contribution in [2.45, 2.75) is 39.0 Å². The zero-order valence-electron chi connectivity index (χ0n) is 15.9. The molecule has 0 unspecified atom stereocenters. The average molecular weight is 442 g/mol. The monoisotopic (exact) mass is 441 g/mol. The lowest BCUT2D eigenvalue weighted by molar-refractivity contribution is -0.120. The van der Waals surface area contributed by atoms with Crippen LogP contribution in [0.25, 0.3) is 0 Å².